The molecule has 0 aliphatic heterocycles. The zero-order valence-corrected chi connectivity index (χ0v) is 16.7. The fraction of sp³-hybridized carbons (Fsp3) is 0.455. The molecule has 0 unspecified atom stereocenters. The predicted molar refractivity (Wildman–Crippen MR) is 108 cm³/mol. The van der Waals surface area contributed by atoms with Crippen LogP contribution in [0, 0.1) is 0 Å². The Morgan fingerprint density at radius 1 is 0.640 bits per heavy atom. The molecule has 2 rings (SSSR count). The van der Waals surface area contributed by atoms with Crippen molar-refractivity contribution >= 4 is 8.56 Å². The zero-order valence-electron chi connectivity index (χ0n) is 15.7. The lowest BCUT2D eigenvalue weighted by Crippen LogP contribution is -2.41. The van der Waals surface area contributed by atoms with Gasteiger partial charge in [-0.05, 0) is 48.9 Å². The summed E-state index contributed by atoms with van der Waals surface area (Å²) in [5.74, 6) is 0. The third kappa shape index (κ3) is 7.15. The minimum absolute atomic E-state index is 0.807. The average Bonchev–Trinajstić information content (AvgIpc) is 2.69. The van der Waals surface area contributed by atoms with E-state index < -0.39 is 8.56 Å². The Balaban J connectivity index is 1.69. The normalized spacial score (nSPS) is 11.6. The van der Waals surface area contributed by atoms with Gasteiger partial charge in [-0.15, -0.1) is 0 Å². The SMILES string of the molecule is CC[Si](CC)(OCCCc1ccccc1)OCCCc1ccccc1. The summed E-state index contributed by atoms with van der Waals surface area (Å²) in [4.78, 5) is 0. The van der Waals surface area contributed by atoms with Crippen molar-refractivity contribution in [2.75, 3.05) is 13.2 Å². The minimum Gasteiger partial charge on any atom is -0.394 e. The highest BCUT2D eigenvalue weighted by Crippen LogP contribution is 2.20. The van der Waals surface area contributed by atoms with Gasteiger partial charge in [0.2, 0.25) is 0 Å². The maximum Gasteiger partial charge on any atom is 0.337 e. The summed E-state index contributed by atoms with van der Waals surface area (Å²) in [6, 6.07) is 23.3. The lowest BCUT2D eigenvalue weighted by Gasteiger charge is -2.29. The van der Waals surface area contributed by atoms with Crippen molar-refractivity contribution in [3.05, 3.63) is 71.8 Å². The van der Waals surface area contributed by atoms with Gasteiger partial charge in [0.15, 0.2) is 0 Å². The fourth-order valence-corrected chi connectivity index (χ4v) is 5.49. The lowest BCUT2D eigenvalue weighted by molar-refractivity contribution is 0.165. The third-order valence-electron chi connectivity index (χ3n) is 4.71. The molecule has 0 aliphatic rings. The van der Waals surface area contributed by atoms with Crippen molar-refractivity contribution in [1.29, 1.82) is 0 Å². The first kappa shape index (κ1) is 19.9. The van der Waals surface area contributed by atoms with Gasteiger partial charge in [0.05, 0.1) is 0 Å². The van der Waals surface area contributed by atoms with Crippen LogP contribution in [0.4, 0.5) is 0 Å². The van der Waals surface area contributed by atoms with Crippen molar-refractivity contribution in [2.45, 2.75) is 51.6 Å². The molecule has 0 fully saturated rings. The summed E-state index contributed by atoms with van der Waals surface area (Å²) in [6.07, 6.45) is 4.28. The Morgan fingerprint density at radius 3 is 1.40 bits per heavy atom. The quantitative estimate of drug-likeness (QED) is 0.355. The molecule has 0 aromatic heterocycles. The van der Waals surface area contributed by atoms with Gasteiger partial charge < -0.3 is 8.85 Å². The zero-order chi connectivity index (χ0) is 17.8. The summed E-state index contributed by atoms with van der Waals surface area (Å²) >= 11 is 0. The molecule has 0 saturated carbocycles. The second-order valence-electron chi connectivity index (χ2n) is 6.49. The Bertz CT molecular complexity index is 518. The van der Waals surface area contributed by atoms with Gasteiger partial charge >= 0.3 is 8.56 Å². The van der Waals surface area contributed by atoms with Gasteiger partial charge in [0.1, 0.15) is 0 Å². The molecule has 136 valence electrons. The van der Waals surface area contributed by atoms with E-state index in [4.69, 9.17) is 8.85 Å². The molecule has 0 atom stereocenters. The van der Waals surface area contributed by atoms with Crippen molar-refractivity contribution in [1.82, 2.24) is 0 Å². The lowest BCUT2D eigenvalue weighted by atomic mass is 10.1. The topological polar surface area (TPSA) is 18.5 Å². The number of aryl methyl sites for hydroxylation is 2. The van der Waals surface area contributed by atoms with E-state index in [1.807, 2.05) is 0 Å². The van der Waals surface area contributed by atoms with E-state index in [0.717, 1.165) is 51.0 Å². The summed E-state index contributed by atoms with van der Waals surface area (Å²) in [5, 5.41) is 0. The Kier molecular flexibility index (Phi) is 8.95. The van der Waals surface area contributed by atoms with Crippen molar-refractivity contribution in [3.63, 3.8) is 0 Å². The maximum atomic E-state index is 6.32. The fourth-order valence-electron chi connectivity index (χ4n) is 3.06. The molecule has 0 aliphatic carbocycles. The molecule has 0 amide bonds. The molecular weight excluding hydrogens is 324 g/mol. The highest BCUT2D eigenvalue weighted by atomic mass is 28.4. The van der Waals surface area contributed by atoms with Gasteiger partial charge in [0, 0.05) is 13.2 Å². The monoisotopic (exact) mass is 356 g/mol. The smallest absolute Gasteiger partial charge is 0.337 e. The second-order valence-corrected chi connectivity index (χ2v) is 10.3. The molecule has 2 aromatic rings. The van der Waals surface area contributed by atoms with E-state index in [2.05, 4.69) is 74.5 Å². The van der Waals surface area contributed by atoms with Crippen molar-refractivity contribution in [2.24, 2.45) is 0 Å². The van der Waals surface area contributed by atoms with Crippen LogP contribution >= 0.6 is 0 Å². The molecule has 0 radical (unpaired) electrons. The van der Waals surface area contributed by atoms with E-state index in [1.54, 1.807) is 0 Å². The summed E-state index contributed by atoms with van der Waals surface area (Å²) in [7, 11) is -2.02. The van der Waals surface area contributed by atoms with Gasteiger partial charge in [-0.25, -0.2) is 0 Å². The van der Waals surface area contributed by atoms with Crippen LogP contribution in [-0.2, 0) is 21.7 Å². The first-order chi connectivity index (χ1) is 12.3. The average molecular weight is 357 g/mol. The van der Waals surface area contributed by atoms with Crippen LogP contribution < -0.4 is 0 Å². The van der Waals surface area contributed by atoms with Crippen LogP contribution in [0.25, 0.3) is 0 Å². The standard InChI is InChI=1S/C22H32O2Si/c1-3-25(4-2,23-19-11-17-21-13-7-5-8-14-21)24-20-12-18-22-15-9-6-10-16-22/h5-10,13-16H,3-4,11-12,17-20H2,1-2H3. The number of benzene rings is 2. The van der Waals surface area contributed by atoms with Gasteiger partial charge in [0.25, 0.3) is 0 Å². The number of hydrogen-bond acceptors (Lipinski definition) is 2. The molecule has 3 heteroatoms. The van der Waals surface area contributed by atoms with Gasteiger partial charge in [-0.2, -0.15) is 0 Å². The predicted octanol–water partition coefficient (Wildman–Crippen LogP) is 5.77. The van der Waals surface area contributed by atoms with Crippen LogP contribution in [-0.4, -0.2) is 21.8 Å². The van der Waals surface area contributed by atoms with E-state index in [1.165, 1.54) is 11.1 Å². The van der Waals surface area contributed by atoms with Gasteiger partial charge in [-0.3, -0.25) is 0 Å². The van der Waals surface area contributed by atoms with Crippen LogP contribution in [0.2, 0.25) is 12.1 Å². The van der Waals surface area contributed by atoms with Crippen LogP contribution in [0.1, 0.15) is 37.8 Å². The molecule has 0 saturated heterocycles. The Hall–Kier alpha value is -1.42. The summed E-state index contributed by atoms with van der Waals surface area (Å²) in [6.45, 7) is 6.04. The third-order valence-corrected chi connectivity index (χ3v) is 8.33. The highest BCUT2D eigenvalue weighted by Gasteiger charge is 2.33. The largest absolute Gasteiger partial charge is 0.394 e. The maximum absolute atomic E-state index is 6.32. The molecule has 2 aromatic carbocycles. The highest BCUT2D eigenvalue weighted by molar-refractivity contribution is 6.67. The minimum atomic E-state index is -2.02. The Morgan fingerprint density at radius 2 is 1.04 bits per heavy atom. The number of hydrogen-bond donors (Lipinski definition) is 0. The van der Waals surface area contributed by atoms with E-state index in [9.17, 15) is 0 Å². The van der Waals surface area contributed by atoms with E-state index >= 15 is 0 Å². The molecule has 0 N–H and O–H groups in total. The first-order valence-corrected chi connectivity index (χ1v) is 11.9. The summed E-state index contributed by atoms with van der Waals surface area (Å²) < 4.78 is 12.6. The number of rotatable bonds is 12. The molecule has 0 spiro atoms. The molecule has 0 bridgehead atoms. The molecule has 2 nitrogen and oxygen atoms in total. The van der Waals surface area contributed by atoms with Crippen LogP contribution in [0.15, 0.2) is 60.7 Å². The van der Waals surface area contributed by atoms with Crippen LogP contribution in [0.3, 0.4) is 0 Å². The Labute approximate surface area is 154 Å². The second kappa shape index (κ2) is 11.2. The van der Waals surface area contributed by atoms with E-state index in [-0.39, 0.29) is 0 Å². The first-order valence-electron chi connectivity index (χ1n) is 9.64. The van der Waals surface area contributed by atoms with Gasteiger partial charge in [-0.1, -0.05) is 74.5 Å². The van der Waals surface area contributed by atoms with E-state index in [0.29, 0.717) is 0 Å². The van der Waals surface area contributed by atoms with Crippen LogP contribution in [0.5, 0.6) is 0 Å². The molecular formula is C22H32O2Si. The molecule has 25 heavy (non-hydrogen) atoms. The van der Waals surface area contributed by atoms with Crippen molar-refractivity contribution in [3.8, 4) is 0 Å². The summed E-state index contributed by atoms with van der Waals surface area (Å²) in [5.41, 5.74) is 2.77. The molecule has 0 heterocycles. The van der Waals surface area contributed by atoms with Crippen molar-refractivity contribution < 1.29 is 8.85 Å².